The van der Waals surface area contributed by atoms with Gasteiger partial charge >= 0.3 is 5.97 Å². The van der Waals surface area contributed by atoms with Crippen molar-refractivity contribution in [3.63, 3.8) is 0 Å². The van der Waals surface area contributed by atoms with Gasteiger partial charge in [-0.05, 0) is 53.2 Å². The summed E-state index contributed by atoms with van der Waals surface area (Å²) in [5.41, 5.74) is 0.242. The molecule has 0 aliphatic carbocycles. The van der Waals surface area contributed by atoms with Crippen LogP contribution >= 0.6 is 0 Å². The molecule has 4 rings (SSSR count). The zero-order valence-electron chi connectivity index (χ0n) is 16.1. The predicted molar refractivity (Wildman–Crippen MR) is 111 cm³/mol. The fourth-order valence-corrected chi connectivity index (χ4v) is 4.47. The summed E-state index contributed by atoms with van der Waals surface area (Å²) in [6.45, 7) is 0. The zero-order valence-corrected chi connectivity index (χ0v) is 16.9. The average molecular weight is 422 g/mol. The second kappa shape index (κ2) is 8.04. The largest absolute Gasteiger partial charge is 0.497 e. The monoisotopic (exact) mass is 422 g/mol. The topological polar surface area (TPSA) is 82.8 Å². The molecular weight excluding hydrogens is 404 g/mol. The first-order valence-corrected chi connectivity index (χ1v) is 10.8. The lowest BCUT2D eigenvalue weighted by Crippen LogP contribution is -2.12. The van der Waals surface area contributed by atoms with Crippen LogP contribution in [0, 0.1) is 0 Å². The summed E-state index contributed by atoms with van der Waals surface area (Å²) in [5.74, 6) is -0.271. The molecule has 0 radical (unpaired) electrons. The van der Waals surface area contributed by atoms with Crippen molar-refractivity contribution in [3.05, 3.63) is 90.4 Å². The van der Waals surface area contributed by atoms with E-state index in [1.54, 1.807) is 37.4 Å². The Morgan fingerprint density at radius 1 is 0.900 bits per heavy atom. The second-order valence-electron chi connectivity index (χ2n) is 6.61. The molecule has 30 heavy (non-hydrogen) atoms. The number of benzene rings is 3. The Morgan fingerprint density at radius 2 is 1.60 bits per heavy atom. The highest BCUT2D eigenvalue weighted by Gasteiger charge is 2.24. The summed E-state index contributed by atoms with van der Waals surface area (Å²) < 4.78 is 41.2. The van der Waals surface area contributed by atoms with E-state index < -0.39 is 15.8 Å². The van der Waals surface area contributed by atoms with Crippen LogP contribution < -0.4 is 9.47 Å². The van der Waals surface area contributed by atoms with Crippen molar-refractivity contribution >= 4 is 26.6 Å². The van der Waals surface area contributed by atoms with E-state index in [9.17, 15) is 13.2 Å². The Balaban J connectivity index is 1.57. The van der Waals surface area contributed by atoms with Crippen molar-refractivity contribution in [1.82, 2.24) is 0 Å². The van der Waals surface area contributed by atoms with Crippen LogP contribution in [-0.2, 0) is 15.6 Å². The Hall–Kier alpha value is -3.58. The van der Waals surface area contributed by atoms with Gasteiger partial charge in [0.1, 0.15) is 11.5 Å². The summed E-state index contributed by atoms with van der Waals surface area (Å²) in [6, 6.07) is 20.3. The lowest BCUT2D eigenvalue weighted by Gasteiger charge is -2.07. The third-order valence-corrected chi connectivity index (χ3v) is 6.29. The summed E-state index contributed by atoms with van der Waals surface area (Å²) in [6.07, 6.45) is 1.28. The first-order valence-electron chi connectivity index (χ1n) is 9.10. The van der Waals surface area contributed by atoms with E-state index in [0.717, 1.165) is 10.8 Å². The molecule has 6 nitrogen and oxygen atoms in total. The summed E-state index contributed by atoms with van der Waals surface area (Å²) in [5, 5.41) is 1.80. The number of ether oxygens (including phenoxy) is 2. The fourth-order valence-electron chi connectivity index (χ4n) is 3.09. The minimum Gasteiger partial charge on any atom is -0.497 e. The van der Waals surface area contributed by atoms with E-state index >= 15 is 0 Å². The van der Waals surface area contributed by atoms with Crippen LogP contribution in [0.2, 0.25) is 0 Å². The van der Waals surface area contributed by atoms with Crippen LogP contribution in [0.3, 0.4) is 0 Å². The van der Waals surface area contributed by atoms with Gasteiger partial charge in [0.15, 0.2) is 9.84 Å². The Labute approximate surface area is 173 Å². The molecule has 0 saturated heterocycles. The molecule has 0 spiro atoms. The third-order valence-electron chi connectivity index (χ3n) is 4.61. The molecule has 4 aromatic rings. The van der Waals surface area contributed by atoms with E-state index in [4.69, 9.17) is 13.9 Å². The molecular formula is C23H18O6S. The smallest absolute Gasteiger partial charge is 0.379 e. The highest BCUT2D eigenvalue weighted by atomic mass is 32.2. The summed E-state index contributed by atoms with van der Waals surface area (Å²) >= 11 is 0. The molecule has 7 heteroatoms. The molecule has 0 bridgehead atoms. The second-order valence-corrected chi connectivity index (χ2v) is 8.60. The molecule has 0 aliphatic heterocycles. The summed E-state index contributed by atoms with van der Waals surface area (Å²) in [4.78, 5) is 12.8. The van der Waals surface area contributed by atoms with Crippen LogP contribution in [0.1, 0.15) is 16.1 Å². The first kappa shape index (κ1) is 19.7. The standard InChI is InChI=1S/C23H18O6S/c1-27-19-9-7-16-8-10-20(14-18(16)13-19)29-23(24)22-17(11-12-28-22)15-30(25,26)21-5-3-2-4-6-21/h2-14H,15H2,1H3. The number of hydrogen-bond acceptors (Lipinski definition) is 6. The molecule has 0 atom stereocenters. The van der Waals surface area contributed by atoms with Gasteiger partial charge in [0.25, 0.3) is 0 Å². The van der Waals surface area contributed by atoms with Gasteiger partial charge in [0.05, 0.1) is 24.0 Å². The number of rotatable bonds is 6. The van der Waals surface area contributed by atoms with Crippen LogP contribution in [0.5, 0.6) is 11.5 Å². The summed E-state index contributed by atoms with van der Waals surface area (Å²) in [7, 11) is -2.05. The molecule has 3 aromatic carbocycles. The number of carbonyl (C=O) groups excluding carboxylic acids is 1. The zero-order chi connectivity index (χ0) is 21.1. The number of esters is 1. The number of sulfone groups is 1. The van der Waals surface area contributed by atoms with Crippen molar-refractivity contribution in [3.8, 4) is 11.5 Å². The predicted octanol–water partition coefficient (Wildman–Crippen LogP) is 4.63. The van der Waals surface area contributed by atoms with E-state index in [-0.39, 0.29) is 22.0 Å². The maximum atomic E-state index is 12.6. The number of carbonyl (C=O) groups is 1. The van der Waals surface area contributed by atoms with Gasteiger partial charge in [0.2, 0.25) is 5.76 Å². The minimum atomic E-state index is -3.63. The lowest BCUT2D eigenvalue weighted by molar-refractivity contribution is 0.0700. The fraction of sp³-hybridized carbons (Fsp3) is 0.0870. The first-order chi connectivity index (χ1) is 14.5. The average Bonchev–Trinajstić information content (AvgIpc) is 3.21. The van der Waals surface area contributed by atoms with Crippen LogP contribution in [0.25, 0.3) is 10.8 Å². The normalized spacial score (nSPS) is 11.4. The maximum Gasteiger partial charge on any atom is 0.379 e. The highest BCUT2D eigenvalue weighted by molar-refractivity contribution is 7.90. The molecule has 0 saturated carbocycles. The molecule has 0 fully saturated rings. The quantitative estimate of drug-likeness (QED) is 0.333. The SMILES string of the molecule is COc1ccc2ccc(OC(=O)c3occc3CS(=O)(=O)c3ccccc3)cc2c1. The van der Waals surface area contributed by atoms with E-state index in [2.05, 4.69) is 0 Å². The van der Waals surface area contributed by atoms with Crippen LogP contribution in [0.15, 0.2) is 88.4 Å². The van der Waals surface area contributed by atoms with Crippen molar-refractivity contribution < 1.29 is 27.1 Å². The molecule has 152 valence electrons. The van der Waals surface area contributed by atoms with Gasteiger partial charge in [-0.2, -0.15) is 0 Å². The third kappa shape index (κ3) is 4.06. The molecule has 0 unspecified atom stereocenters. The van der Waals surface area contributed by atoms with Gasteiger partial charge in [-0.3, -0.25) is 0 Å². The van der Waals surface area contributed by atoms with Crippen molar-refractivity contribution in [2.24, 2.45) is 0 Å². The highest BCUT2D eigenvalue weighted by Crippen LogP contribution is 2.26. The minimum absolute atomic E-state index is 0.139. The number of fused-ring (bicyclic) bond motifs is 1. The van der Waals surface area contributed by atoms with E-state index in [0.29, 0.717) is 11.5 Å². The van der Waals surface area contributed by atoms with Crippen LogP contribution in [-0.4, -0.2) is 21.5 Å². The number of hydrogen-bond donors (Lipinski definition) is 0. The van der Waals surface area contributed by atoms with Gasteiger partial charge in [-0.25, -0.2) is 13.2 Å². The van der Waals surface area contributed by atoms with Gasteiger partial charge in [-0.1, -0.05) is 30.3 Å². The van der Waals surface area contributed by atoms with E-state index in [1.165, 1.54) is 24.5 Å². The molecule has 0 amide bonds. The Kier molecular flexibility index (Phi) is 5.29. The van der Waals surface area contributed by atoms with Crippen molar-refractivity contribution in [2.75, 3.05) is 7.11 Å². The lowest BCUT2D eigenvalue weighted by atomic mass is 10.1. The van der Waals surface area contributed by atoms with Crippen molar-refractivity contribution in [1.29, 1.82) is 0 Å². The van der Waals surface area contributed by atoms with E-state index in [1.807, 2.05) is 24.3 Å². The number of methoxy groups -OCH3 is 1. The molecule has 0 N–H and O–H groups in total. The number of furan rings is 1. The van der Waals surface area contributed by atoms with Gasteiger partial charge in [-0.15, -0.1) is 0 Å². The maximum absolute atomic E-state index is 12.6. The molecule has 1 heterocycles. The Bertz CT molecular complexity index is 1310. The Morgan fingerprint density at radius 3 is 2.33 bits per heavy atom. The molecule has 0 aliphatic rings. The van der Waals surface area contributed by atoms with Crippen LogP contribution in [0.4, 0.5) is 0 Å². The van der Waals surface area contributed by atoms with Crippen molar-refractivity contribution in [2.45, 2.75) is 10.6 Å². The van der Waals surface area contributed by atoms with Gasteiger partial charge < -0.3 is 13.9 Å². The van der Waals surface area contributed by atoms with Gasteiger partial charge in [0, 0.05) is 5.56 Å². The molecule has 1 aromatic heterocycles.